The van der Waals surface area contributed by atoms with E-state index in [-0.39, 0.29) is 30.6 Å². The average molecular weight is 425 g/mol. The SMILES string of the molecule is CC(=O)OCC=C1CCCO[C@@](C)(CCCC(C)C(O)CC=C(C)C)[C@@H]1OC(C)=O. The number of aliphatic hydroxyl groups is 1. The van der Waals surface area contributed by atoms with Gasteiger partial charge in [0, 0.05) is 20.5 Å². The molecule has 0 aromatic carbocycles. The van der Waals surface area contributed by atoms with Crippen LogP contribution in [0, 0.1) is 5.92 Å². The molecule has 0 amide bonds. The zero-order valence-electron chi connectivity index (χ0n) is 19.5. The molecule has 1 heterocycles. The molecular formula is C24H40O6. The number of allylic oxidation sites excluding steroid dienone is 1. The van der Waals surface area contributed by atoms with Crippen LogP contribution < -0.4 is 0 Å². The van der Waals surface area contributed by atoms with Crippen molar-refractivity contribution < 1.29 is 28.9 Å². The van der Waals surface area contributed by atoms with Gasteiger partial charge in [0.05, 0.1) is 6.10 Å². The van der Waals surface area contributed by atoms with Gasteiger partial charge in [-0.25, -0.2) is 0 Å². The van der Waals surface area contributed by atoms with Crippen molar-refractivity contribution in [3.63, 3.8) is 0 Å². The molecule has 1 aliphatic heterocycles. The minimum atomic E-state index is -0.658. The van der Waals surface area contributed by atoms with Crippen molar-refractivity contribution in [2.24, 2.45) is 5.92 Å². The monoisotopic (exact) mass is 424 g/mol. The Labute approximate surface area is 181 Å². The van der Waals surface area contributed by atoms with Crippen LogP contribution >= 0.6 is 0 Å². The molecule has 2 unspecified atom stereocenters. The summed E-state index contributed by atoms with van der Waals surface area (Å²) in [7, 11) is 0. The van der Waals surface area contributed by atoms with Crippen LogP contribution in [0.5, 0.6) is 0 Å². The molecule has 4 atom stereocenters. The lowest BCUT2D eigenvalue weighted by atomic mass is 9.84. The van der Waals surface area contributed by atoms with Gasteiger partial charge in [-0.3, -0.25) is 9.59 Å². The molecule has 1 rings (SSSR count). The third-order valence-corrected chi connectivity index (χ3v) is 5.61. The van der Waals surface area contributed by atoms with Crippen LogP contribution in [0.15, 0.2) is 23.3 Å². The van der Waals surface area contributed by atoms with Crippen LogP contribution in [-0.4, -0.2) is 48.1 Å². The van der Waals surface area contributed by atoms with Crippen LogP contribution in [0.25, 0.3) is 0 Å². The molecule has 1 N–H and O–H groups in total. The summed E-state index contributed by atoms with van der Waals surface area (Å²) in [4.78, 5) is 22.9. The highest BCUT2D eigenvalue weighted by Gasteiger charge is 2.41. The minimum Gasteiger partial charge on any atom is -0.462 e. The van der Waals surface area contributed by atoms with Crippen molar-refractivity contribution in [2.75, 3.05) is 13.2 Å². The zero-order chi connectivity index (χ0) is 22.7. The highest BCUT2D eigenvalue weighted by Crippen LogP contribution is 2.35. The van der Waals surface area contributed by atoms with Crippen molar-refractivity contribution >= 4 is 11.9 Å². The molecule has 0 aromatic rings. The molecule has 30 heavy (non-hydrogen) atoms. The van der Waals surface area contributed by atoms with Gasteiger partial charge in [0.25, 0.3) is 0 Å². The first kappa shape index (κ1) is 26.4. The number of rotatable bonds is 10. The van der Waals surface area contributed by atoms with Crippen molar-refractivity contribution in [3.8, 4) is 0 Å². The van der Waals surface area contributed by atoms with E-state index in [4.69, 9.17) is 14.2 Å². The van der Waals surface area contributed by atoms with Crippen LogP contribution in [0.1, 0.15) is 80.1 Å². The first-order valence-electron chi connectivity index (χ1n) is 11.0. The van der Waals surface area contributed by atoms with E-state index in [0.29, 0.717) is 19.4 Å². The first-order chi connectivity index (χ1) is 14.0. The minimum absolute atomic E-state index is 0.159. The van der Waals surface area contributed by atoms with Gasteiger partial charge >= 0.3 is 11.9 Å². The van der Waals surface area contributed by atoms with E-state index >= 15 is 0 Å². The van der Waals surface area contributed by atoms with Crippen molar-refractivity contribution in [2.45, 2.75) is 97.9 Å². The van der Waals surface area contributed by atoms with Crippen LogP contribution in [0.2, 0.25) is 0 Å². The van der Waals surface area contributed by atoms with Gasteiger partial charge in [-0.15, -0.1) is 0 Å². The van der Waals surface area contributed by atoms with E-state index in [2.05, 4.69) is 13.0 Å². The summed E-state index contributed by atoms with van der Waals surface area (Å²) >= 11 is 0. The number of hydrogen-bond acceptors (Lipinski definition) is 6. The Kier molecular flexibility index (Phi) is 11.3. The molecule has 0 bridgehead atoms. The molecule has 6 nitrogen and oxygen atoms in total. The van der Waals surface area contributed by atoms with E-state index in [1.807, 2.05) is 26.8 Å². The fourth-order valence-corrected chi connectivity index (χ4v) is 3.78. The smallest absolute Gasteiger partial charge is 0.303 e. The van der Waals surface area contributed by atoms with E-state index in [1.54, 1.807) is 0 Å². The lowest BCUT2D eigenvalue weighted by molar-refractivity contribution is -0.163. The molecule has 0 saturated carbocycles. The number of esters is 2. The van der Waals surface area contributed by atoms with E-state index in [1.165, 1.54) is 19.4 Å². The molecular weight excluding hydrogens is 384 g/mol. The number of carbonyl (C=O) groups is 2. The third-order valence-electron chi connectivity index (χ3n) is 5.61. The second-order valence-electron chi connectivity index (χ2n) is 8.79. The highest BCUT2D eigenvalue weighted by atomic mass is 16.6. The molecule has 172 valence electrons. The standard InChI is InChI=1S/C24H40O6/c1-17(2)11-12-22(27)18(3)9-7-14-24(6)23(30-20(5)26)21(10-8-15-29-24)13-16-28-19(4)25/h11,13,18,22-23,27H,7-10,12,14-16H2,1-6H3/t18?,22?,23-,24+/m1/s1. The Hall–Kier alpha value is -1.66. The Balaban J connectivity index is 2.84. The van der Waals surface area contributed by atoms with Crippen molar-refractivity contribution in [1.29, 1.82) is 0 Å². The van der Waals surface area contributed by atoms with Crippen LogP contribution in [0.3, 0.4) is 0 Å². The predicted octanol–water partition coefficient (Wildman–Crippen LogP) is 4.50. The maximum Gasteiger partial charge on any atom is 0.303 e. The van der Waals surface area contributed by atoms with E-state index in [0.717, 1.165) is 31.3 Å². The molecule has 0 aliphatic carbocycles. The Morgan fingerprint density at radius 1 is 1.27 bits per heavy atom. The molecule has 1 fully saturated rings. The Bertz CT molecular complexity index is 619. The summed E-state index contributed by atoms with van der Waals surface area (Å²) in [5.74, 6) is -0.536. The fourth-order valence-electron chi connectivity index (χ4n) is 3.78. The van der Waals surface area contributed by atoms with E-state index in [9.17, 15) is 14.7 Å². The molecule has 0 radical (unpaired) electrons. The highest BCUT2D eigenvalue weighted by molar-refractivity contribution is 5.67. The van der Waals surface area contributed by atoms with Gasteiger partial charge in [-0.1, -0.05) is 25.0 Å². The Morgan fingerprint density at radius 3 is 2.57 bits per heavy atom. The first-order valence-corrected chi connectivity index (χ1v) is 11.0. The molecule has 0 spiro atoms. The fraction of sp³-hybridized carbons (Fsp3) is 0.750. The zero-order valence-corrected chi connectivity index (χ0v) is 19.5. The van der Waals surface area contributed by atoms with Crippen LogP contribution in [-0.2, 0) is 23.8 Å². The maximum absolute atomic E-state index is 11.8. The quantitative estimate of drug-likeness (QED) is 0.411. The van der Waals surface area contributed by atoms with Gasteiger partial charge in [0.2, 0.25) is 0 Å². The van der Waals surface area contributed by atoms with Crippen molar-refractivity contribution in [3.05, 3.63) is 23.3 Å². The van der Waals surface area contributed by atoms with Gasteiger partial charge in [-0.05, 0) is 70.4 Å². The second kappa shape index (κ2) is 12.9. The molecule has 1 saturated heterocycles. The summed E-state index contributed by atoms with van der Waals surface area (Å²) < 4.78 is 16.9. The lowest BCUT2D eigenvalue weighted by Gasteiger charge is -2.37. The van der Waals surface area contributed by atoms with Crippen LogP contribution in [0.4, 0.5) is 0 Å². The largest absolute Gasteiger partial charge is 0.462 e. The molecule has 6 heteroatoms. The summed E-state index contributed by atoms with van der Waals surface area (Å²) in [6.45, 7) is 11.6. The van der Waals surface area contributed by atoms with Gasteiger partial charge in [0.1, 0.15) is 12.2 Å². The second-order valence-corrected chi connectivity index (χ2v) is 8.79. The van der Waals surface area contributed by atoms with Crippen molar-refractivity contribution in [1.82, 2.24) is 0 Å². The maximum atomic E-state index is 11.8. The number of aliphatic hydroxyl groups excluding tert-OH is 1. The molecule has 1 aliphatic rings. The summed E-state index contributed by atoms with van der Waals surface area (Å²) in [5.41, 5.74) is 1.48. The van der Waals surface area contributed by atoms with Gasteiger partial charge < -0.3 is 19.3 Å². The molecule has 0 aromatic heterocycles. The number of hydrogen-bond donors (Lipinski definition) is 1. The summed E-state index contributed by atoms with van der Waals surface area (Å²) in [5, 5.41) is 10.4. The van der Waals surface area contributed by atoms with Gasteiger partial charge in [0.15, 0.2) is 6.10 Å². The average Bonchev–Trinajstić information content (AvgIpc) is 2.79. The summed E-state index contributed by atoms with van der Waals surface area (Å²) in [6.07, 6.45) is 7.64. The topological polar surface area (TPSA) is 82.1 Å². The van der Waals surface area contributed by atoms with E-state index < -0.39 is 11.7 Å². The Morgan fingerprint density at radius 2 is 1.97 bits per heavy atom. The lowest BCUT2D eigenvalue weighted by Crippen LogP contribution is -2.45. The predicted molar refractivity (Wildman–Crippen MR) is 117 cm³/mol. The number of ether oxygens (including phenoxy) is 3. The summed E-state index contributed by atoms with van der Waals surface area (Å²) in [6, 6.07) is 0. The van der Waals surface area contributed by atoms with Gasteiger partial charge in [-0.2, -0.15) is 0 Å². The number of carbonyl (C=O) groups excluding carboxylic acids is 2. The normalized spacial score (nSPS) is 25.2. The third kappa shape index (κ3) is 9.43.